The molecule has 0 spiro atoms. The van der Waals surface area contributed by atoms with Crippen molar-refractivity contribution in [2.24, 2.45) is 0 Å². The minimum Gasteiger partial charge on any atom is -0.326 e. The Morgan fingerprint density at radius 1 is 1.03 bits per heavy atom. The van der Waals surface area contributed by atoms with E-state index in [1.54, 1.807) is 24.3 Å². The van der Waals surface area contributed by atoms with Gasteiger partial charge in [0.05, 0.1) is 0 Å². The topological polar surface area (TPSA) is 81.8 Å². The van der Waals surface area contributed by atoms with Gasteiger partial charge in [0.2, 0.25) is 11.8 Å². The van der Waals surface area contributed by atoms with Crippen molar-refractivity contribution < 1.29 is 23.2 Å². The van der Waals surface area contributed by atoms with Gasteiger partial charge in [0.15, 0.2) is 0 Å². The van der Waals surface area contributed by atoms with Crippen LogP contribution < -0.4 is 15.5 Å². The number of piperidine rings is 1. The van der Waals surface area contributed by atoms with Gasteiger partial charge < -0.3 is 10.2 Å². The zero-order valence-electron chi connectivity index (χ0n) is 18.4. The Balaban J connectivity index is 1.28. The SMILES string of the molecule is O=C1CCN(c2cccc(NC(=O)CCCCCCCN3CCC(F)(F)CC3)c2)C(=O)N1. The van der Waals surface area contributed by atoms with Gasteiger partial charge in [0.1, 0.15) is 0 Å². The van der Waals surface area contributed by atoms with Crippen molar-refractivity contribution in [1.29, 1.82) is 0 Å². The van der Waals surface area contributed by atoms with Gasteiger partial charge in [-0.15, -0.1) is 0 Å². The third-order valence-electron chi connectivity index (χ3n) is 5.96. The second-order valence-electron chi connectivity index (χ2n) is 8.57. The fourth-order valence-corrected chi connectivity index (χ4v) is 4.04. The lowest BCUT2D eigenvalue weighted by molar-refractivity contribution is -0.120. The number of hydrogen-bond donors (Lipinski definition) is 2. The van der Waals surface area contributed by atoms with E-state index < -0.39 is 12.0 Å². The molecular formula is C23H32F2N4O3. The number of halogens is 2. The highest BCUT2D eigenvalue weighted by atomic mass is 19.3. The molecule has 2 N–H and O–H groups in total. The summed E-state index contributed by atoms with van der Waals surface area (Å²) in [4.78, 5) is 39.1. The molecule has 2 saturated heterocycles. The Labute approximate surface area is 187 Å². The number of imide groups is 1. The number of amides is 4. The third kappa shape index (κ3) is 7.55. The lowest BCUT2D eigenvalue weighted by atomic mass is 10.1. The summed E-state index contributed by atoms with van der Waals surface area (Å²) >= 11 is 0. The average Bonchev–Trinajstić information content (AvgIpc) is 2.74. The van der Waals surface area contributed by atoms with Crippen LogP contribution in [-0.4, -0.2) is 54.8 Å². The van der Waals surface area contributed by atoms with Gasteiger partial charge in [-0.25, -0.2) is 13.6 Å². The van der Waals surface area contributed by atoms with E-state index >= 15 is 0 Å². The van der Waals surface area contributed by atoms with Gasteiger partial charge >= 0.3 is 6.03 Å². The van der Waals surface area contributed by atoms with Crippen LogP contribution in [0, 0.1) is 0 Å². The van der Waals surface area contributed by atoms with Gasteiger partial charge in [-0.1, -0.05) is 25.3 Å². The van der Waals surface area contributed by atoms with Crippen LogP contribution in [-0.2, 0) is 9.59 Å². The van der Waals surface area contributed by atoms with Gasteiger partial charge in [0.25, 0.3) is 5.92 Å². The van der Waals surface area contributed by atoms with E-state index in [9.17, 15) is 23.2 Å². The predicted octanol–water partition coefficient (Wildman–Crippen LogP) is 4.14. The first-order chi connectivity index (χ1) is 15.3. The zero-order valence-corrected chi connectivity index (χ0v) is 18.4. The first-order valence-corrected chi connectivity index (χ1v) is 11.4. The van der Waals surface area contributed by atoms with E-state index in [4.69, 9.17) is 0 Å². The van der Waals surface area contributed by atoms with Gasteiger partial charge in [-0.3, -0.25) is 19.8 Å². The number of alkyl halides is 2. The normalized spacial score (nSPS) is 19.0. The molecule has 0 aliphatic carbocycles. The summed E-state index contributed by atoms with van der Waals surface area (Å²) in [7, 11) is 0. The summed E-state index contributed by atoms with van der Waals surface area (Å²) in [5.41, 5.74) is 1.24. The van der Waals surface area contributed by atoms with Crippen LogP contribution in [0.3, 0.4) is 0 Å². The molecule has 2 heterocycles. The van der Waals surface area contributed by atoms with Crippen molar-refractivity contribution in [1.82, 2.24) is 10.2 Å². The number of nitrogens with one attached hydrogen (secondary N) is 2. The number of anilines is 2. The summed E-state index contributed by atoms with van der Waals surface area (Å²) in [6.07, 6.45) is 5.41. The molecule has 2 fully saturated rings. The molecule has 0 unspecified atom stereocenters. The quantitative estimate of drug-likeness (QED) is 0.525. The largest absolute Gasteiger partial charge is 0.328 e. The van der Waals surface area contributed by atoms with Crippen molar-refractivity contribution in [3.05, 3.63) is 24.3 Å². The maximum atomic E-state index is 13.2. The van der Waals surface area contributed by atoms with Crippen molar-refractivity contribution in [2.75, 3.05) is 36.4 Å². The summed E-state index contributed by atoms with van der Waals surface area (Å²) in [6, 6.07) is 6.57. The van der Waals surface area contributed by atoms with Gasteiger partial charge in [0, 0.05) is 56.7 Å². The third-order valence-corrected chi connectivity index (χ3v) is 5.96. The first kappa shape index (κ1) is 24.1. The lowest BCUT2D eigenvalue weighted by Crippen LogP contribution is -2.49. The van der Waals surface area contributed by atoms with E-state index in [1.807, 2.05) is 0 Å². The minimum atomic E-state index is -2.49. The fourth-order valence-electron chi connectivity index (χ4n) is 4.04. The highest BCUT2D eigenvalue weighted by molar-refractivity contribution is 6.05. The van der Waals surface area contributed by atoms with Crippen LogP contribution in [0.15, 0.2) is 24.3 Å². The standard InChI is InChI=1S/C23H32F2N4O3/c24-23(25)11-15-28(16-12-23)13-5-3-1-2-4-9-20(30)26-18-7-6-8-19(17-18)29-14-10-21(31)27-22(29)32/h6-8,17H,1-5,9-16H2,(H,26,30)(H,27,31,32). The number of urea groups is 1. The van der Waals surface area contributed by atoms with Crippen molar-refractivity contribution in [2.45, 2.75) is 63.7 Å². The molecule has 1 aromatic rings. The van der Waals surface area contributed by atoms with Gasteiger partial charge in [-0.2, -0.15) is 0 Å². The number of hydrogen-bond acceptors (Lipinski definition) is 4. The number of likely N-dealkylation sites (tertiary alicyclic amines) is 1. The van der Waals surface area contributed by atoms with Crippen molar-refractivity contribution in [3.63, 3.8) is 0 Å². The Morgan fingerprint density at radius 3 is 2.50 bits per heavy atom. The predicted molar refractivity (Wildman–Crippen MR) is 119 cm³/mol. The highest BCUT2D eigenvalue weighted by Crippen LogP contribution is 2.27. The van der Waals surface area contributed by atoms with Crippen LogP contribution in [0.5, 0.6) is 0 Å². The molecule has 32 heavy (non-hydrogen) atoms. The number of benzene rings is 1. The van der Waals surface area contributed by atoms with Crippen LogP contribution in [0.4, 0.5) is 25.0 Å². The first-order valence-electron chi connectivity index (χ1n) is 11.4. The number of carbonyl (C=O) groups is 3. The molecule has 0 saturated carbocycles. The Hall–Kier alpha value is -2.55. The molecular weight excluding hydrogens is 418 g/mol. The highest BCUT2D eigenvalue weighted by Gasteiger charge is 2.33. The molecule has 3 rings (SSSR count). The molecule has 7 nitrogen and oxygen atoms in total. The average molecular weight is 451 g/mol. The lowest BCUT2D eigenvalue weighted by Gasteiger charge is -2.31. The van der Waals surface area contributed by atoms with Crippen molar-refractivity contribution >= 4 is 29.2 Å². The Morgan fingerprint density at radius 2 is 1.75 bits per heavy atom. The fraction of sp³-hybridized carbons (Fsp3) is 0.609. The molecule has 9 heteroatoms. The summed E-state index contributed by atoms with van der Waals surface area (Å²) in [5, 5.41) is 5.15. The van der Waals surface area contributed by atoms with Crippen LogP contribution >= 0.6 is 0 Å². The van der Waals surface area contributed by atoms with E-state index in [2.05, 4.69) is 15.5 Å². The molecule has 0 radical (unpaired) electrons. The molecule has 0 bridgehead atoms. The van der Waals surface area contributed by atoms with Crippen molar-refractivity contribution in [3.8, 4) is 0 Å². The number of nitrogens with zero attached hydrogens (tertiary/aromatic N) is 2. The van der Waals surface area contributed by atoms with E-state index in [0.717, 1.165) is 38.6 Å². The molecule has 2 aliphatic heterocycles. The number of unbranched alkanes of at least 4 members (excludes halogenated alkanes) is 4. The molecule has 2 aliphatic rings. The monoisotopic (exact) mass is 450 g/mol. The summed E-state index contributed by atoms with van der Waals surface area (Å²) < 4.78 is 26.3. The second kappa shape index (κ2) is 11.4. The van der Waals surface area contributed by atoms with E-state index in [0.29, 0.717) is 37.4 Å². The van der Waals surface area contributed by atoms with Crippen LogP contribution in [0.25, 0.3) is 0 Å². The smallest absolute Gasteiger partial charge is 0.326 e. The molecule has 176 valence electrons. The minimum absolute atomic E-state index is 0.0318. The summed E-state index contributed by atoms with van der Waals surface area (Å²) in [5.74, 6) is -2.84. The van der Waals surface area contributed by atoms with E-state index in [1.165, 1.54) is 4.90 Å². The maximum Gasteiger partial charge on any atom is 0.328 e. The number of carbonyl (C=O) groups excluding carboxylic acids is 3. The molecule has 0 atom stereocenters. The number of rotatable bonds is 10. The second-order valence-corrected chi connectivity index (χ2v) is 8.57. The summed E-state index contributed by atoms with van der Waals surface area (Å²) in [6.45, 7) is 2.15. The zero-order chi connectivity index (χ0) is 23.0. The Bertz CT molecular complexity index is 808. The van der Waals surface area contributed by atoms with Crippen LogP contribution in [0.2, 0.25) is 0 Å². The van der Waals surface area contributed by atoms with Gasteiger partial charge in [-0.05, 0) is 37.6 Å². The maximum absolute atomic E-state index is 13.2. The Kier molecular flexibility index (Phi) is 8.55. The van der Waals surface area contributed by atoms with E-state index in [-0.39, 0.29) is 31.1 Å². The molecule has 1 aromatic carbocycles. The van der Waals surface area contributed by atoms with Crippen LogP contribution in [0.1, 0.15) is 57.8 Å². The molecule has 0 aromatic heterocycles. The molecule has 4 amide bonds.